The molecule has 0 saturated carbocycles. The summed E-state index contributed by atoms with van der Waals surface area (Å²) in [6.45, 7) is 0. The summed E-state index contributed by atoms with van der Waals surface area (Å²) < 4.78 is 0. The number of anilines is 1. The van der Waals surface area contributed by atoms with Crippen LogP contribution in [0.3, 0.4) is 0 Å². The molecule has 0 unspecified atom stereocenters. The molecule has 0 bridgehead atoms. The van der Waals surface area contributed by atoms with Crippen LogP contribution in [0.1, 0.15) is 0 Å². The monoisotopic (exact) mass is 151 g/mol. The molecular weight excluding hydrogens is 145 g/mol. The first-order valence-electron chi connectivity index (χ1n) is 2.21. The summed E-state index contributed by atoms with van der Waals surface area (Å²) in [5, 5.41) is 17.2. The fourth-order valence-electron chi connectivity index (χ4n) is 0.440. The number of rotatable bonds is 0. The summed E-state index contributed by atoms with van der Waals surface area (Å²) in [7, 11) is 0. The number of aromatic hydroxyl groups is 2. The van der Waals surface area contributed by atoms with Crippen LogP contribution in [0.4, 0.5) is 5.95 Å². The zero-order valence-electron chi connectivity index (χ0n) is 4.44. The Kier molecular flexibility index (Phi) is 3.41. The van der Waals surface area contributed by atoms with Gasteiger partial charge in [-0.3, -0.25) is 0 Å². The van der Waals surface area contributed by atoms with Crippen LogP contribution < -0.4 is 5.73 Å². The Morgan fingerprint density at radius 2 is 1.60 bits per heavy atom. The average Bonchev–Trinajstić information content (AvgIpc) is 1.59. The van der Waals surface area contributed by atoms with Crippen molar-refractivity contribution >= 4 is 35.5 Å². The van der Waals surface area contributed by atoms with E-state index in [2.05, 4.69) is 9.97 Å². The van der Waals surface area contributed by atoms with Crippen molar-refractivity contribution in [1.29, 1.82) is 0 Å². The minimum atomic E-state index is -0.333. The summed E-state index contributed by atoms with van der Waals surface area (Å²) in [4.78, 5) is 6.59. The van der Waals surface area contributed by atoms with Gasteiger partial charge in [-0.05, 0) is 0 Å². The second-order valence-corrected chi connectivity index (χ2v) is 1.44. The second-order valence-electron chi connectivity index (χ2n) is 1.44. The molecule has 1 rings (SSSR count). The molecule has 50 valence electrons. The Morgan fingerprint density at radius 3 is 1.90 bits per heavy atom. The summed E-state index contributed by atoms with van der Waals surface area (Å²) >= 11 is 0. The Morgan fingerprint density at radius 1 is 1.20 bits per heavy atom. The maximum atomic E-state index is 8.60. The molecule has 0 aliphatic rings. The quantitative estimate of drug-likeness (QED) is 0.406. The number of hydrogen-bond donors (Lipinski definition) is 3. The number of nitrogens with zero attached hydrogens (tertiary/aromatic N) is 2. The zero-order valence-corrected chi connectivity index (χ0v) is 4.44. The first-order valence-corrected chi connectivity index (χ1v) is 2.21. The van der Waals surface area contributed by atoms with E-state index in [1.54, 1.807) is 0 Å². The molecule has 0 amide bonds. The van der Waals surface area contributed by atoms with E-state index in [0.29, 0.717) is 0 Å². The maximum absolute atomic E-state index is 8.60. The van der Waals surface area contributed by atoms with Crippen LogP contribution in [0, 0.1) is 0 Å². The van der Waals surface area contributed by atoms with Gasteiger partial charge in [0.1, 0.15) is 0 Å². The van der Waals surface area contributed by atoms with Gasteiger partial charge in [0.2, 0.25) is 17.7 Å². The van der Waals surface area contributed by atoms with Crippen molar-refractivity contribution in [3.05, 3.63) is 6.07 Å². The number of aromatic nitrogens is 2. The molecule has 0 radical (unpaired) electrons. The van der Waals surface area contributed by atoms with Crippen LogP contribution >= 0.6 is 0 Å². The van der Waals surface area contributed by atoms with Crippen LogP contribution in [-0.2, 0) is 0 Å². The fraction of sp³-hybridized carbons (Fsp3) is 0. The molecule has 5 nitrogen and oxygen atoms in total. The van der Waals surface area contributed by atoms with Crippen molar-refractivity contribution < 1.29 is 10.2 Å². The van der Waals surface area contributed by atoms with Crippen molar-refractivity contribution in [2.24, 2.45) is 0 Å². The first kappa shape index (κ1) is 9.48. The van der Waals surface area contributed by atoms with Crippen molar-refractivity contribution in [2.45, 2.75) is 0 Å². The molecule has 0 aliphatic carbocycles. The molecule has 0 spiro atoms. The Balaban J connectivity index is 0.000000810. The van der Waals surface area contributed by atoms with Gasteiger partial charge in [-0.1, -0.05) is 0 Å². The second kappa shape index (κ2) is 3.60. The van der Waals surface area contributed by atoms with Gasteiger partial charge in [0.25, 0.3) is 0 Å². The number of hydrogen-bond acceptors (Lipinski definition) is 5. The molecule has 6 heteroatoms. The van der Waals surface area contributed by atoms with Gasteiger partial charge >= 0.3 is 29.6 Å². The average molecular weight is 151 g/mol. The summed E-state index contributed by atoms with van der Waals surface area (Å²) in [5.74, 6) is -0.812. The summed E-state index contributed by atoms with van der Waals surface area (Å²) in [6, 6.07) is 0.996. The van der Waals surface area contributed by atoms with Crippen LogP contribution in [0.5, 0.6) is 11.8 Å². The normalized spacial score (nSPS) is 8.40. The van der Waals surface area contributed by atoms with Crippen molar-refractivity contribution in [3.8, 4) is 11.8 Å². The van der Waals surface area contributed by atoms with Crippen LogP contribution in [-0.4, -0.2) is 49.7 Å². The predicted molar refractivity (Wildman–Crippen MR) is 36.9 cm³/mol. The van der Waals surface area contributed by atoms with E-state index in [1.807, 2.05) is 0 Å². The standard InChI is InChI=1S/C4H5N3O2.Na.H/c5-4-6-2(8)1-3(9)7-4;;/h1H,(H4,5,6,7,8,9);;. The molecule has 4 N–H and O–H groups in total. The molecule has 0 fully saturated rings. The van der Waals surface area contributed by atoms with E-state index in [-0.39, 0.29) is 47.3 Å². The van der Waals surface area contributed by atoms with Crippen LogP contribution in [0.25, 0.3) is 0 Å². The SMILES string of the molecule is Nc1nc(O)cc(O)n1.[NaH]. The third kappa shape index (κ3) is 2.38. The molecule has 1 heterocycles. The van der Waals surface area contributed by atoms with Gasteiger partial charge in [-0.15, -0.1) is 0 Å². The van der Waals surface area contributed by atoms with E-state index >= 15 is 0 Å². The van der Waals surface area contributed by atoms with Crippen LogP contribution in [0.2, 0.25) is 0 Å². The molecule has 10 heavy (non-hydrogen) atoms. The van der Waals surface area contributed by atoms with Crippen molar-refractivity contribution in [1.82, 2.24) is 9.97 Å². The minimum absolute atomic E-state index is 0. The number of nitrogens with two attached hydrogens (primary N) is 1. The Bertz CT molecular complexity index is 179. The summed E-state index contributed by atoms with van der Waals surface area (Å²) in [6.07, 6.45) is 0. The molecule has 1 aromatic heterocycles. The summed E-state index contributed by atoms with van der Waals surface area (Å²) in [5.41, 5.74) is 5.02. The van der Waals surface area contributed by atoms with Gasteiger partial charge in [-0.2, -0.15) is 9.97 Å². The number of nitrogen functional groups attached to an aromatic ring is 1. The van der Waals surface area contributed by atoms with Gasteiger partial charge in [0.05, 0.1) is 6.07 Å². The predicted octanol–water partition coefficient (Wildman–Crippen LogP) is -1.18. The molecule has 0 aromatic carbocycles. The van der Waals surface area contributed by atoms with Gasteiger partial charge < -0.3 is 15.9 Å². The van der Waals surface area contributed by atoms with E-state index < -0.39 is 0 Å². The molecule has 0 atom stereocenters. The van der Waals surface area contributed by atoms with Gasteiger partial charge in [-0.25, -0.2) is 0 Å². The van der Waals surface area contributed by atoms with Crippen molar-refractivity contribution in [2.75, 3.05) is 5.73 Å². The molecular formula is C4H6N3NaO2. The topological polar surface area (TPSA) is 92.3 Å². The van der Waals surface area contributed by atoms with E-state index in [1.165, 1.54) is 0 Å². The Labute approximate surface area is 79.2 Å². The molecule has 0 saturated heterocycles. The third-order valence-corrected chi connectivity index (χ3v) is 0.716. The fourth-order valence-corrected chi connectivity index (χ4v) is 0.440. The van der Waals surface area contributed by atoms with E-state index in [4.69, 9.17) is 15.9 Å². The van der Waals surface area contributed by atoms with E-state index in [9.17, 15) is 0 Å². The van der Waals surface area contributed by atoms with Gasteiger partial charge in [0, 0.05) is 0 Å². The third-order valence-electron chi connectivity index (χ3n) is 0.716. The zero-order chi connectivity index (χ0) is 6.85. The van der Waals surface area contributed by atoms with Crippen molar-refractivity contribution in [3.63, 3.8) is 0 Å². The Hall–Kier alpha value is -0.520. The van der Waals surface area contributed by atoms with E-state index in [0.717, 1.165) is 6.07 Å². The first-order chi connectivity index (χ1) is 4.18. The van der Waals surface area contributed by atoms with Gasteiger partial charge in [0.15, 0.2) is 0 Å². The molecule has 1 aromatic rings. The van der Waals surface area contributed by atoms with Crippen LogP contribution in [0.15, 0.2) is 6.07 Å². The molecule has 0 aliphatic heterocycles.